The molecule has 128 valence electrons. The Balaban J connectivity index is 2.56. The average molecular weight is 316 g/mol. The zero-order valence-electron chi connectivity index (χ0n) is 14.3. The average Bonchev–Trinajstić information content (AvgIpc) is 2.63. The van der Waals surface area contributed by atoms with Crippen LogP contribution in [0.3, 0.4) is 0 Å². The predicted octanol–water partition coefficient (Wildman–Crippen LogP) is 1.88. The number of likely N-dealkylation sites (tertiary alicyclic amines) is 1. The highest BCUT2D eigenvalue weighted by molar-refractivity contribution is 5.70. The Morgan fingerprint density at radius 1 is 1.14 bits per heavy atom. The number of rotatable bonds is 2. The number of carbonyl (C=O) groups is 2. The topological polar surface area (TPSA) is 88.1 Å². The Hall–Kier alpha value is -1.50. The molecule has 0 aliphatic carbocycles. The first-order valence-electron chi connectivity index (χ1n) is 7.52. The van der Waals surface area contributed by atoms with Gasteiger partial charge in [0.2, 0.25) is 0 Å². The maximum absolute atomic E-state index is 12.1. The SMILES string of the molecule is CC(C)(C)OC(=O)NC[C@H]1C[C@H](O)CN1C(=O)OC(C)(C)C. The standard InChI is InChI=1S/C15H28N2O5/c1-14(2,3)21-12(19)16-8-10-7-11(18)9-17(10)13(20)22-15(4,5)6/h10-11,18H,7-9H2,1-6H3,(H,16,19)/t10-,11+/m1/s1. The molecule has 22 heavy (non-hydrogen) atoms. The highest BCUT2D eigenvalue weighted by atomic mass is 16.6. The summed E-state index contributed by atoms with van der Waals surface area (Å²) in [6, 6.07) is -0.308. The zero-order valence-corrected chi connectivity index (χ0v) is 14.3. The van der Waals surface area contributed by atoms with Crippen molar-refractivity contribution in [2.45, 2.75) is 71.3 Å². The van der Waals surface area contributed by atoms with Gasteiger partial charge in [-0.05, 0) is 48.0 Å². The predicted molar refractivity (Wildman–Crippen MR) is 81.6 cm³/mol. The highest BCUT2D eigenvalue weighted by Gasteiger charge is 2.37. The van der Waals surface area contributed by atoms with Crippen molar-refractivity contribution in [1.29, 1.82) is 0 Å². The fourth-order valence-electron chi connectivity index (χ4n) is 2.14. The largest absolute Gasteiger partial charge is 0.444 e. The minimum atomic E-state index is -0.613. The molecule has 2 atom stereocenters. The molecule has 0 radical (unpaired) electrons. The summed E-state index contributed by atoms with van der Waals surface area (Å²) in [5, 5.41) is 12.4. The van der Waals surface area contributed by atoms with Crippen molar-refractivity contribution < 1.29 is 24.2 Å². The number of nitrogens with zero attached hydrogens (tertiary/aromatic N) is 1. The van der Waals surface area contributed by atoms with Crippen LogP contribution in [-0.2, 0) is 9.47 Å². The van der Waals surface area contributed by atoms with Crippen molar-refractivity contribution >= 4 is 12.2 Å². The Morgan fingerprint density at radius 3 is 2.18 bits per heavy atom. The van der Waals surface area contributed by atoms with E-state index in [2.05, 4.69) is 5.32 Å². The van der Waals surface area contributed by atoms with Crippen LogP contribution in [0.5, 0.6) is 0 Å². The fourth-order valence-corrected chi connectivity index (χ4v) is 2.14. The van der Waals surface area contributed by atoms with E-state index >= 15 is 0 Å². The molecule has 1 heterocycles. The van der Waals surface area contributed by atoms with Crippen molar-refractivity contribution in [2.24, 2.45) is 0 Å². The summed E-state index contributed by atoms with van der Waals surface area (Å²) < 4.78 is 10.5. The third kappa shape index (κ3) is 6.51. The van der Waals surface area contributed by atoms with Crippen molar-refractivity contribution in [3.05, 3.63) is 0 Å². The van der Waals surface area contributed by atoms with Crippen LogP contribution in [0.4, 0.5) is 9.59 Å². The lowest BCUT2D eigenvalue weighted by Crippen LogP contribution is -2.46. The Morgan fingerprint density at radius 2 is 1.68 bits per heavy atom. The van der Waals surface area contributed by atoms with Crippen LogP contribution in [-0.4, -0.2) is 58.6 Å². The number of aliphatic hydroxyl groups is 1. The molecule has 0 spiro atoms. The zero-order chi connectivity index (χ0) is 17.1. The summed E-state index contributed by atoms with van der Waals surface area (Å²) in [7, 11) is 0. The maximum Gasteiger partial charge on any atom is 0.410 e. The van der Waals surface area contributed by atoms with Gasteiger partial charge in [-0.2, -0.15) is 0 Å². The van der Waals surface area contributed by atoms with Crippen LogP contribution >= 0.6 is 0 Å². The molecule has 1 rings (SSSR count). The Kier molecular flexibility index (Phi) is 5.67. The molecule has 7 heteroatoms. The lowest BCUT2D eigenvalue weighted by molar-refractivity contribution is 0.0196. The van der Waals surface area contributed by atoms with Crippen LogP contribution in [0.1, 0.15) is 48.0 Å². The first kappa shape index (κ1) is 18.5. The van der Waals surface area contributed by atoms with E-state index in [0.29, 0.717) is 6.42 Å². The molecule has 0 bridgehead atoms. The van der Waals surface area contributed by atoms with E-state index in [9.17, 15) is 14.7 Å². The number of aliphatic hydroxyl groups excluding tert-OH is 1. The Bertz CT molecular complexity index is 411. The number of amides is 2. The molecule has 2 N–H and O–H groups in total. The third-order valence-electron chi connectivity index (χ3n) is 2.90. The molecule has 0 saturated carbocycles. The Labute approximate surface area is 131 Å². The summed E-state index contributed by atoms with van der Waals surface area (Å²) >= 11 is 0. The molecule has 0 aromatic heterocycles. The molecule has 1 saturated heterocycles. The molecule has 1 aliphatic rings. The number of alkyl carbamates (subject to hydrolysis) is 1. The minimum Gasteiger partial charge on any atom is -0.444 e. The van der Waals surface area contributed by atoms with Crippen molar-refractivity contribution in [3.8, 4) is 0 Å². The number of nitrogens with one attached hydrogen (secondary N) is 1. The van der Waals surface area contributed by atoms with Crippen LogP contribution in [0.15, 0.2) is 0 Å². The van der Waals surface area contributed by atoms with Crippen LogP contribution in [0.2, 0.25) is 0 Å². The van der Waals surface area contributed by atoms with Gasteiger partial charge >= 0.3 is 12.2 Å². The van der Waals surface area contributed by atoms with Gasteiger partial charge in [0.1, 0.15) is 11.2 Å². The fraction of sp³-hybridized carbons (Fsp3) is 0.867. The third-order valence-corrected chi connectivity index (χ3v) is 2.90. The van der Waals surface area contributed by atoms with Crippen LogP contribution in [0, 0.1) is 0 Å². The van der Waals surface area contributed by atoms with E-state index in [1.165, 1.54) is 4.90 Å². The quantitative estimate of drug-likeness (QED) is 0.812. The van der Waals surface area contributed by atoms with Crippen molar-refractivity contribution in [3.63, 3.8) is 0 Å². The summed E-state index contributed by atoms with van der Waals surface area (Å²) in [6.45, 7) is 11.1. The molecule has 0 aromatic carbocycles. The maximum atomic E-state index is 12.1. The first-order chi connectivity index (χ1) is 9.87. The van der Waals surface area contributed by atoms with Gasteiger partial charge in [-0.25, -0.2) is 9.59 Å². The number of hydrogen-bond donors (Lipinski definition) is 2. The van der Waals surface area contributed by atoms with Gasteiger partial charge < -0.3 is 24.8 Å². The molecular formula is C15H28N2O5. The first-order valence-corrected chi connectivity index (χ1v) is 7.52. The van der Waals surface area contributed by atoms with Gasteiger partial charge in [0, 0.05) is 6.54 Å². The summed E-state index contributed by atoms with van der Waals surface area (Å²) in [4.78, 5) is 25.3. The van der Waals surface area contributed by atoms with E-state index in [0.717, 1.165) is 0 Å². The van der Waals surface area contributed by atoms with Gasteiger partial charge in [-0.3, -0.25) is 0 Å². The van der Waals surface area contributed by atoms with E-state index in [1.54, 1.807) is 41.5 Å². The summed E-state index contributed by atoms with van der Waals surface area (Å²) in [5.41, 5.74) is -1.18. The minimum absolute atomic E-state index is 0.204. The number of β-amino-alcohol motifs (C(OH)–C–C–N with tert-alkyl or cyclic N) is 1. The van der Waals surface area contributed by atoms with E-state index < -0.39 is 29.5 Å². The van der Waals surface area contributed by atoms with Crippen molar-refractivity contribution in [2.75, 3.05) is 13.1 Å². The van der Waals surface area contributed by atoms with Crippen molar-refractivity contribution in [1.82, 2.24) is 10.2 Å². The highest BCUT2D eigenvalue weighted by Crippen LogP contribution is 2.21. The second kappa shape index (κ2) is 6.73. The van der Waals surface area contributed by atoms with Gasteiger partial charge in [0.15, 0.2) is 0 Å². The molecular weight excluding hydrogens is 288 g/mol. The number of carbonyl (C=O) groups excluding carboxylic acids is 2. The molecule has 2 amide bonds. The van der Waals surface area contributed by atoms with E-state index in [4.69, 9.17) is 9.47 Å². The van der Waals surface area contributed by atoms with Gasteiger partial charge in [0.05, 0.1) is 18.7 Å². The molecule has 0 unspecified atom stereocenters. The molecule has 1 fully saturated rings. The van der Waals surface area contributed by atoms with Gasteiger partial charge in [0.25, 0.3) is 0 Å². The normalized spacial score (nSPS) is 22.4. The lowest BCUT2D eigenvalue weighted by Gasteiger charge is -2.28. The molecule has 7 nitrogen and oxygen atoms in total. The van der Waals surface area contributed by atoms with E-state index in [-0.39, 0.29) is 19.1 Å². The summed E-state index contributed by atoms with van der Waals surface area (Å²) in [5.74, 6) is 0. The van der Waals surface area contributed by atoms with Gasteiger partial charge in [-0.1, -0.05) is 0 Å². The van der Waals surface area contributed by atoms with Crippen LogP contribution in [0.25, 0.3) is 0 Å². The smallest absolute Gasteiger partial charge is 0.410 e. The monoisotopic (exact) mass is 316 g/mol. The number of hydrogen-bond acceptors (Lipinski definition) is 5. The number of ether oxygens (including phenoxy) is 2. The second-order valence-electron chi connectivity index (χ2n) is 7.56. The summed E-state index contributed by atoms with van der Waals surface area (Å²) in [6.07, 6.45) is -1.24. The van der Waals surface area contributed by atoms with E-state index in [1.807, 2.05) is 0 Å². The lowest BCUT2D eigenvalue weighted by atomic mass is 10.2. The van der Waals surface area contributed by atoms with Crippen LogP contribution < -0.4 is 5.32 Å². The van der Waals surface area contributed by atoms with Gasteiger partial charge in [-0.15, -0.1) is 0 Å². The molecule has 1 aliphatic heterocycles. The molecule has 0 aromatic rings. The second-order valence-corrected chi connectivity index (χ2v) is 7.56.